The largest absolute Gasteiger partial charge is 0.549 e. The van der Waals surface area contributed by atoms with Crippen LogP contribution in [-0.4, -0.2) is 27.9 Å². The SMILES string of the molecule is Cc1ccc(OCCn2c(SCC(=O)[O-])nc3ccccc32)cc1. The third kappa shape index (κ3) is 3.89. The second-order valence-corrected chi connectivity index (χ2v) is 6.30. The number of hydrogen-bond acceptors (Lipinski definition) is 5. The number of thioether (sulfide) groups is 1. The molecular weight excluding hydrogens is 324 g/mol. The van der Waals surface area contributed by atoms with Crippen LogP contribution >= 0.6 is 11.8 Å². The molecule has 2 aromatic carbocycles. The molecule has 0 saturated heterocycles. The van der Waals surface area contributed by atoms with Crippen LogP contribution in [0.2, 0.25) is 0 Å². The van der Waals surface area contributed by atoms with Gasteiger partial charge < -0.3 is 19.2 Å². The minimum absolute atomic E-state index is 0.123. The normalized spacial score (nSPS) is 10.9. The van der Waals surface area contributed by atoms with E-state index < -0.39 is 5.97 Å². The van der Waals surface area contributed by atoms with Crippen LogP contribution in [0.1, 0.15) is 5.56 Å². The summed E-state index contributed by atoms with van der Waals surface area (Å²) in [5, 5.41) is 11.4. The van der Waals surface area contributed by atoms with Crippen molar-refractivity contribution < 1.29 is 14.6 Å². The number of aliphatic carboxylic acids is 1. The van der Waals surface area contributed by atoms with Gasteiger partial charge >= 0.3 is 0 Å². The summed E-state index contributed by atoms with van der Waals surface area (Å²) in [7, 11) is 0. The summed E-state index contributed by atoms with van der Waals surface area (Å²) in [6.45, 7) is 3.09. The molecule has 5 nitrogen and oxygen atoms in total. The quantitative estimate of drug-likeness (QED) is 0.617. The summed E-state index contributed by atoms with van der Waals surface area (Å²) >= 11 is 1.16. The molecule has 0 aliphatic rings. The Kier molecular flexibility index (Phi) is 5.05. The molecule has 0 atom stereocenters. The highest BCUT2D eigenvalue weighted by Crippen LogP contribution is 2.24. The van der Waals surface area contributed by atoms with Gasteiger partial charge in [-0.05, 0) is 31.2 Å². The highest BCUT2D eigenvalue weighted by Gasteiger charge is 2.11. The summed E-state index contributed by atoms with van der Waals surface area (Å²) in [6.07, 6.45) is 0. The zero-order valence-electron chi connectivity index (χ0n) is 13.3. The van der Waals surface area contributed by atoms with Gasteiger partial charge in [-0.3, -0.25) is 0 Å². The van der Waals surface area contributed by atoms with Crippen molar-refractivity contribution >= 4 is 28.8 Å². The summed E-state index contributed by atoms with van der Waals surface area (Å²) < 4.78 is 7.76. The number of rotatable bonds is 7. The monoisotopic (exact) mass is 341 g/mol. The van der Waals surface area contributed by atoms with Crippen LogP contribution in [0.3, 0.4) is 0 Å². The first-order valence-corrected chi connectivity index (χ1v) is 8.59. The van der Waals surface area contributed by atoms with Crippen molar-refractivity contribution in [1.29, 1.82) is 0 Å². The maximum Gasteiger partial charge on any atom is 0.169 e. The first kappa shape index (κ1) is 16.4. The van der Waals surface area contributed by atoms with E-state index in [4.69, 9.17) is 4.74 Å². The van der Waals surface area contributed by atoms with Gasteiger partial charge in [-0.1, -0.05) is 41.6 Å². The molecule has 0 bridgehead atoms. The molecule has 24 heavy (non-hydrogen) atoms. The van der Waals surface area contributed by atoms with Crippen molar-refractivity contribution in [2.75, 3.05) is 12.4 Å². The zero-order chi connectivity index (χ0) is 16.9. The second kappa shape index (κ2) is 7.40. The number of para-hydroxylation sites is 2. The molecule has 3 aromatic rings. The van der Waals surface area contributed by atoms with Crippen molar-refractivity contribution in [3.8, 4) is 5.75 Å². The lowest BCUT2D eigenvalue weighted by Gasteiger charge is -2.11. The first-order chi connectivity index (χ1) is 11.6. The van der Waals surface area contributed by atoms with Crippen LogP contribution < -0.4 is 9.84 Å². The van der Waals surface area contributed by atoms with E-state index in [1.165, 1.54) is 5.56 Å². The van der Waals surface area contributed by atoms with E-state index in [1.54, 1.807) is 0 Å². The summed E-state index contributed by atoms with van der Waals surface area (Å²) in [6, 6.07) is 15.6. The Labute approximate surface area is 144 Å². The lowest BCUT2D eigenvalue weighted by atomic mass is 10.2. The smallest absolute Gasteiger partial charge is 0.169 e. The molecule has 1 heterocycles. The minimum atomic E-state index is -1.10. The van der Waals surface area contributed by atoms with Gasteiger partial charge in [-0.15, -0.1) is 0 Å². The number of carbonyl (C=O) groups is 1. The number of ether oxygens (including phenoxy) is 1. The van der Waals surface area contributed by atoms with Crippen molar-refractivity contribution in [3.63, 3.8) is 0 Å². The molecule has 3 rings (SSSR count). The molecule has 0 saturated carbocycles. The molecule has 0 fully saturated rings. The number of hydrogen-bond donors (Lipinski definition) is 0. The maximum atomic E-state index is 10.7. The number of nitrogens with zero attached hydrogens (tertiary/aromatic N) is 2. The Hall–Kier alpha value is -2.47. The molecule has 0 amide bonds. The predicted octanol–water partition coefficient (Wildman–Crippen LogP) is 2.27. The van der Waals surface area contributed by atoms with Gasteiger partial charge in [-0.25, -0.2) is 4.98 Å². The Morgan fingerprint density at radius 1 is 1.21 bits per heavy atom. The van der Waals surface area contributed by atoms with E-state index >= 15 is 0 Å². The fraction of sp³-hybridized carbons (Fsp3) is 0.222. The third-order valence-corrected chi connectivity index (χ3v) is 4.49. The van der Waals surface area contributed by atoms with Gasteiger partial charge in [0.2, 0.25) is 0 Å². The molecule has 6 heteroatoms. The average molecular weight is 341 g/mol. The van der Waals surface area contributed by atoms with Gasteiger partial charge in [0, 0.05) is 5.75 Å². The number of carbonyl (C=O) groups excluding carboxylic acids is 1. The number of imidazole rings is 1. The Bertz CT molecular complexity index is 843. The summed E-state index contributed by atoms with van der Waals surface area (Å²) in [5.74, 6) is -0.411. The number of aromatic nitrogens is 2. The van der Waals surface area contributed by atoms with Gasteiger partial charge in [-0.2, -0.15) is 0 Å². The van der Waals surface area contributed by atoms with Crippen LogP contribution in [0.25, 0.3) is 11.0 Å². The van der Waals surface area contributed by atoms with Crippen LogP contribution in [0.4, 0.5) is 0 Å². The van der Waals surface area contributed by atoms with Gasteiger partial charge in [0.05, 0.1) is 23.5 Å². The zero-order valence-corrected chi connectivity index (χ0v) is 14.1. The Balaban J connectivity index is 1.75. The highest BCUT2D eigenvalue weighted by molar-refractivity contribution is 7.99. The van der Waals surface area contributed by atoms with E-state index in [0.717, 1.165) is 28.5 Å². The number of aryl methyl sites for hydroxylation is 1. The minimum Gasteiger partial charge on any atom is -0.549 e. The average Bonchev–Trinajstić information content (AvgIpc) is 2.93. The predicted molar refractivity (Wildman–Crippen MR) is 92.1 cm³/mol. The highest BCUT2D eigenvalue weighted by atomic mass is 32.2. The molecule has 0 N–H and O–H groups in total. The van der Waals surface area contributed by atoms with E-state index in [-0.39, 0.29) is 5.75 Å². The number of fused-ring (bicyclic) bond motifs is 1. The molecular formula is C18H17N2O3S-. The lowest BCUT2D eigenvalue weighted by Crippen LogP contribution is -2.24. The third-order valence-electron chi connectivity index (χ3n) is 3.54. The molecule has 0 radical (unpaired) electrons. The van der Waals surface area contributed by atoms with Crippen molar-refractivity contribution in [3.05, 3.63) is 54.1 Å². The van der Waals surface area contributed by atoms with Gasteiger partial charge in [0.25, 0.3) is 0 Å². The van der Waals surface area contributed by atoms with Crippen molar-refractivity contribution in [2.45, 2.75) is 18.6 Å². The summed E-state index contributed by atoms with van der Waals surface area (Å²) in [4.78, 5) is 15.2. The number of carboxylic acid groups (broad SMARTS) is 1. The van der Waals surface area contributed by atoms with Crippen LogP contribution in [0.15, 0.2) is 53.7 Å². The second-order valence-electron chi connectivity index (χ2n) is 5.36. The van der Waals surface area contributed by atoms with Gasteiger partial charge in [0.1, 0.15) is 12.4 Å². The Morgan fingerprint density at radius 2 is 1.96 bits per heavy atom. The lowest BCUT2D eigenvalue weighted by molar-refractivity contribution is -0.301. The fourth-order valence-electron chi connectivity index (χ4n) is 2.39. The van der Waals surface area contributed by atoms with Crippen LogP contribution in [0, 0.1) is 6.92 Å². The van der Waals surface area contributed by atoms with Crippen molar-refractivity contribution in [2.24, 2.45) is 0 Å². The van der Waals surface area contributed by atoms with Gasteiger partial charge in [0.15, 0.2) is 5.16 Å². The molecule has 0 spiro atoms. The summed E-state index contributed by atoms with van der Waals surface area (Å²) in [5.41, 5.74) is 2.99. The molecule has 0 aliphatic carbocycles. The Morgan fingerprint density at radius 3 is 2.71 bits per heavy atom. The van der Waals surface area contributed by atoms with Crippen molar-refractivity contribution in [1.82, 2.24) is 9.55 Å². The van der Waals surface area contributed by atoms with E-state index in [0.29, 0.717) is 18.3 Å². The molecule has 124 valence electrons. The van der Waals surface area contributed by atoms with E-state index in [2.05, 4.69) is 4.98 Å². The topological polar surface area (TPSA) is 67.2 Å². The molecule has 1 aromatic heterocycles. The van der Waals surface area contributed by atoms with Crippen LogP contribution in [0.5, 0.6) is 5.75 Å². The molecule has 0 unspecified atom stereocenters. The van der Waals surface area contributed by atoms with E-state index in [1.807, 2.05) is 60.0 Å². The molecule has 0 aliphatic heterocycles. The fourth-order valence-corrected chi connectivity index (χ4v) is 3.15. The first-order valence-electron chi connectivity index (χ1n) is 7.61. The van der Waals surface area contributed by atoms with E-state index in [9.17, 15) is 9.90 Å². The standard InChI is InChI=1S/C18H18N2O3S/c1-13-6-8-14(9-7-13)23-11-10-20-16-5-3-2-4-15(16)19-18(20)24-12-17(21)22/h2-9H,10-12H2,1H3,(H,21,22)/p-1. The number of benzene rings is 2. The van der Waals surface area contributed by atoms with Crippen LogP contribution in [-0.2, 0) is 11.3 Å². The number of carboxylic acids is 1. The maximum absolute atomic E-state index is 10.7.